The molecule has 2 rings (SSSR count). The molecule has 0 amide bonds. The maximum Gasteiger partial charge on any atom is 0.315 e. The molecule has 0 saturated carbocycles. The van der Waals surface area contributed by atoms with Gasteiger partial charge in [0.15, 0.2) is 0 Å². The molecule has 0 saturated heterocycles. The summed E-state index contributed by atoms with van der Waals surface area (Å²) >= 11 is 1.17. The topological polar surface area (TPSA) is 256 Å². The number of nitro groups is 2. The number of aliphatic hydroxyl groups is 6. The van der Waals surface area contributed by atoms with E-state index in [4.69, 9.17) is 20.4 Å². The lowest BCUT2D eigenvalue weighted by Crippen LogP contribution is -2.14. The maximum absolute atomic E-state index is 11.7. The SMILES string of the molecule is O=[N+]([O-])c1c(NCCO)cc(C(O)CSCC(O)c2cc(NCCO)c([N+](=O)[O-])c(NCCO)c2)cc1NCCO. The van der Waals surface area contributed by atoms with Crippen molar-refractivity contribution in [3.05, 3.63) is 55.6 Å². The molecule has 0 radical (unpaired) electrons. The molecule has 0 aromatic heterocycles. The van der Waals surface area contributed by atoms with E-state index in [0.29, 0.717) is 11.1 Å². The predicted molar refractivity (Wildman–Crippen MR) is 156 cm³/mol. The second-order valence-electron chi connectivity index (χ2n) is 8.61. The zero-order chi connectivity index (χ0) is 30.4. The lowest BCUT2D eigenvalue weighted by molar-refractivity contribution is -0.383. The third-order valence-electron chi connectivity index (χ3n) is 5.66. The van der Waals surface area contributed by atoms with E-state index in [2.05, 4.69) is 21.3 Å². The van der Waals surface area contributed by atoms with Crippen LogP contribution < -0.4 is 21.3 Å². The zero-order valence-corrected chi connectivity index (χ0v) is 23.0. The highest BCUT2D eigenvalue weighted by molar-refractivity contribution is 7.99. The number of benzene rings is 2. The minimum Gasteiger partial charge on any atom is -0.395 e. The van der Waals surface area contributed by atoms with E-state index in [9.17, 15) is 30.4 Å². The standard InChI is InChI=1S/C24H36N6O10S/c31-5-1-25-17-9-15(10-18(26-2-6-32)23(17)29(37)38)21(35)13-41-14-22(36)16-11-19(27-3-7-33)24(30(39)40)20(12-16)28-4-8-34/h9-12,21-22,25-28,31-36H,1-8,13-14H2. The lowest BCUT2D eigenvalue weighted by atomic mass is 10.1. The van der Waals surface area contributed by atoms with Gasteiger partial charge in [0, 0.05) is 37.7 Å². The Hall–Kier alpha value is -3.45. The Labute approximate surface area is 239 Å². The highest BCUT2D eigenvalue weighted by Crippen LogP contribution is 2.39. The number of thioether (sulfide) groups is 1. The van der Waals surface area contributed by atoms with Crippen LogP contribution in [0.1, 0.15) is 23.3 Å². The summed E-state index contributed by atoms with van der Waals surface area (Å²) in [6.07, 6.45) is -2.23. The first kappa shape index (κ1) is 33.8. The smallest absolute Gasteiger partial charge is 0.315 e. The summed E-state index contributed by atoms with van der Waals surface area (Å²) in [4.78, 5) is 22.2. The van der Waals surface area contributed by atoms with E-state index < -0.39 is 22.1 Å². The van der Waals surface area contributed by atoms with Gasteiger partial charge in [0.1, 0.15) is 22.7 Å². The highest BCUT2D eigenvalue weighted by Gasteiger charge is 2.25. The van der Waals surface area contributed by atoms with Crippen molar-refractivity contribution in [3.8, 4) is 0 Å². The Balaban J connectivity index is 2.24. The molecule has 17 heteroatoms. The van der Waals surface area contributed by atoms with Crippen LogP contribution in [0.25, 0.3) is 0 Å². The fraction of sp³-hybridized carbons (Fsp3) is 0.500. The molecule has 10 N–H and O–H groups in total. The van der Waals surface area contributed by atoms with Gasteiger partial charge >= 0.3 is 11.4 Å². The van der Waals surface area contributed by atoms with Crippen molar-refractivity contribution in [1.29, 1.82) is 0 Å². The van der Waals surface area contributed by atoms with Gasteiger partial charge in [-0.1, -0.05) is 0 Å². The van der Waals surface area contributed by atoms with Crippen LogP contribution in [-0.4, -0.2) is 105 Å². The minimum absolute atomic E-state index is 0.0281. The average Bonchev–Trinajstić information content (AvgIpc) is 2.95. The number of hydrogen-bond donors (Lipinski definition) is 10. The van der Waals surface area contributed by atoms with E-state index in [0.717, 1.165) is 0 Å². The number of aliphatic hydroxyl groups excluding tert-OH is 6. The summed E-state index contributed by atoms with van der Waals surface area (Å²) in [6.45, 7) is -1.02. The Morgan fingerprint density at radius 2 is 0.878 bits per heavy atom. The van der Waals surface area contributed by atoms with Gasteiger partial charge in [-0.3, -0.25) is 20.2 Å². The monoisotopic (exact) mass is 600 g/mol. The van der Waals surface area contributed by atoms with Gasteiger partial charge in [0.2, 0.25) is 0 Å². The van der Waals surface area contributed by atoms with Crippen LogP contribution in [-0.2, 0) is 0 Å². The van der Waals surface area contributed by atoms with Gasteiger partial charge in [-0.25, -0.2) is 0 Å². The molecular formula is C24H36N6O10S. The molecule has 2 aromatic carbocycles. The summed E-state index contributed by atoms with van der Waals surface area (Å²) in [6, 6.07) is 5.59. The first-order valence-corrected chi connectivity index (χ1v) is 13.8. The van der Waals surface area contributed by atoms with Gasteiger partial charge in [0.25, 0.3) is 0 Å². The molecule has 0 aliphatic rings. The second-order valence-corrected chi connectivity index (χ2v) is 9.69. The summed E-state index contributed by atoms with van der Waals surface area (Å²) in [7, 11) is 0. The van der Waals surface area contributed by atoms with Gasteiger partial charge in [-0.05, 0) is 35.4 Å². The first-order chi connectivity index (χ1) is 19.7. The summed E-state index contributed by atoms with van der Waals surface area (Å²) in [5.74, 6) is 0.151. The van der Waals surface area contributed by atoms with Crippen molar-refractivity contribution in [2.45, 2.75) is 12.2 Å². The molecule has 0 bridgehead atoms. The Morgan fingerprint density at radius 1 is 0.610 bits per heavy atom. The third kappa shape index (κ3) is 9.85. The highest BCUT2D eigenvalue weighted by atomic mass is 32.2. The number of nitrogens with zero attached hydrogens (tertiary/aromatic N) is 2. The van der Waals surface area contributed by atoms with Crippen molar-refractivity contribution < 1.29 is 40.5 Å². The van der Waals surface area contributed by atoms with E-state index in [1.807, 2.05) is 0 Å². The minimum atomic E-state index is -1.11. The number of rotatable bonds is 20. The Kier molecular flexibility index (Phi) is 14.3. The zero-order valence-electron chi connectivity index (χ0n) is 22.2. The molecule has 16 nitrogen and oxygen atoms in total. The van der Waals surface area contributed by atoms with Crippen molar-refractivity contribution >= 4 is 45.9 Å². The maximum atomic E-state index is 11.7. The van der Waals surface area contributed by atoms with E-state index in [-0.39, 0.29) is 98.2 Å². The molecule has 2 aromatic rings. The number of anilines is 4. The van der Waals surface area contributed by atoms with E-state index in [1.54, 1.807) is 0 Å². The van der Waals surface area contributed by atoms with Crippen LogP contribution >= 0.6 is 11.8 Å². The number of hydrogen-bond acceptors (Lipinski definition) is 15. The predicted octanol–water partition coefficient (Wildman–Crippen LogP) is 0.620. The average molecular weight is 601 g/mol. The molecular weight excluding hydrogens is 564 g/mol. The molecule has 0 fully saturated rings. The molecule has 228 valence electrons. The fourth-order valence-electron chi connectivity index (χ4n) is 3.88. The van der Waals surface area contributed by atoms with Crippen LogP contribution in [0.2, 0.25) is 0 Å². The second kappa shape index (κ2) is 17.4. The largest absolute Gasteiger partial charge is 0.395 e. The third-order valence-corrected chi connectivity index (χ3v) is 6.76. The lowest BCUT2D eigenvalue weighted by Gasteiger charge is -2.18. The summed E-state index contributed by atoms with van der Waals surface area (Å²) in [5, 5.41) is 92.7. The molecule has 2 atom stereocenters. The van der Waals surface area contributed by atoms with Gasteiger partial charge in [-0.2, -0.15) is 11.8 Å². The summed E-state index contributed by atoms with van der Waals surface area (Å²) in [5.41, 5.74) is 0.316. The van der Waals surface area contributed by atoms with Crippen molar-refractivity contribution in [1.82, 2.24) is 0 Å². The van der Waals surface area contributed by atoms with Crippen LogP contribution in [0.4, 0.5) is 34.1 Å². The molecule has 0 aliphatic carbocycles. The number of nitrogens with one attached hydrogen (secondary N) is 4. The quantitative estimate of drug-likeness (QED) is 0.0738. The Bertz CT molecular complexity index is 1010. The van der Waals surface area contributed by atoms with Crippen LogP contribution in [0.15, 0.2) is 24.3 Å². The van der Waals surface area contributed by atoms with E-state index in [1.165, 1.54) is 36.0 Å². The van der Waals surface area contributed by atoms with Crippen molar-refractivity contribution in [2.75, 3.05) is 85.4 Å². The fourth-order valence-corrected chi connectivity index (χ4v) is 4.84. The molecule has 0 spiro atoms. The normalized spacial score (nSPS) is 12.4. The van der Waals surface area contributed by atoms with Crippen LogP contribution in [0.5, 0.6) is 0 Å². The van der Waals surface area contributed by atoms with Crippen LogP contribution in [0.3, 0.4) is 0 Å². The Morgan fingerprint density at radius 3 is 1.10 bits per heavy atom. The van der Waals surface area contributed by atoms with E-state index >= 15 is 0 Å². The number of nitro benzene ring substituents is 2. The van der Waals surface area contributed by atoms with Gasteiger partial charge < -0.3 is 51.9 Å². The molecule has 41 heavy (non-hydrogen) atoms. The molecule has 0 aliphatic heterocycles. The van der Waals surface area contributed by atoms with Crippen molar-refractivity contribution in [3.63, 3.8) is 0 Å². The van der Waals surface area contributed by atoms with Gasteiger partial charge in [-0.15, -0.1) is 0 Å². The van der Waals surface area contributed by atoms with Crippen molar-refractivity contribution in [2.24, 2.45) is 0 Å². The van der Waals surface area contributed by atoms with Crippen LogP contribution in [0, 0.1) is 20.2 Å². The first-order valence-electron chi connectivity index (χ1n) is 12.7. The molecule has 0 heterocycles. The molecule has 2 unspecified atom stereocenters. The summed E-state index contributed by atoms with van der Waals surface area (Å²) < 4.78 is 0. The van der Waals surface area contributed by atoms with Gasteiger partial charge in [0.05, 0.1) is 48.5 Å².